The van der Waals surface area contributed by atoms with Crippen molar-refractivity contribution in [2.24, 2.45) is 0 Å². The van der Waals surface area contributed by atoms with Gasteiger partial charge in [-0.15, -0.1) is 0 Å². The van der Waals surface area contributed by atoms with Crippen molar-refractivity contribution in [2.75, 3.05) is 31.6 Å². The third-order valence-electron chi connectivity index (χ3n) is 5.66. The second kappa shape index (κ2) is 9.65. The van der Waals surface area contributed by atoms with Crippen molar-refractivity contribution < 1.29 is 22.3 Å². The van der Waals surface area contributed by atoms with E-state index in [-0.39, 0.29) is 29.8 Å². The van der Waals surface area contributed by atoms with Gasteiger partial charge in [-0.05, 0) is 62.7 Å². The number of anilines is 1. The van der Waals surface area contributed by atoms with Crippen LogP contribution in [0.1, 0.15) is 35.8 Å². The number of aryl methyl sites for hydroxylation is 1. The number of carbonyl (C=O) groups excluding carboxylic acids is 1. The molecule has 1 saturated heterocycles. The maximum atomic E-state index is 13.4. The molecule has 1 N–H and O–H groups in total. The molecule has 3 aromatic rings. The second-order valence-corrected chi connectivity index (χ2v) is 10.3. The van der Waals surface area contributed by atoms with Gasteiger partial charge in [0.05, 0.1) is 23.7 Å². The summed E-state index contributed by atoms with van der Waals surface area (Å²) in [5.41, 5.74) is 2.26. The molecule has 0 unspecified atom stereocenters. The van der Waals surface area contributed by atoms with Crippen molar-refractivity contribution in [3.8, 4) is 11.3 Å². The van der Waals surface area contributed by atoms with Gasteiger partial charge in [-0.3, -0.25) is 9.48 Å². The first kappa shape index (κ1) is 24.1. The molecule has 1 aliphatic rings. The van der Waals surface area contributed by atoms with Gasteiger partial charge < -0.3 is 10.1 Å². The first-order valence-corrected chi connectivity index (χ1v) is 12.5. The molecule has 10 heteroatoms. The number of hydrogen-bond acceptors (Lipinski definition) is 5. The van der Waals surface area contributed by atoms with Gasteiger partial charge in [0, 0.05) is 36.6 Å². The molecule has 0 spiro atoms. The highest BCUT2D eigenvalue weighted by atomic mass is 32.2. The summed E-state index contributed by atoms with van der Waals surface area (Å²) in [7, 11) is -3.73. The quantitative estimate of drug-likeness (QED) is 0.571. The first-order valence-electron chi connectivity index (χ1n) is 11.0. The summed E-state index contributed by atoms with van der Waals surface area (Å²) in [5.74, 6) is -0.823. The molecule has 0 radical (unpaired) electrons. The summed E-state index contributed by atoms with van der Waals surface area (Å²) in [5, 5.41) is 7.32. The molecule has 2 aromatic carbocycles. The molecule has 180 valence electrons. The molecule has 0 atom stereocenters. The number of halogens is 1. The molecule has 1 amide bonds. The molecule has 2 heterocycles. The predicted molar refractivity (Wildman–Crippen MR) is 127 cm³/mol. The lowest BCUT2D eigenvalue weighted by atomic mass is 10.1. The van der Waals surface area contributed by atoms with Gasteiger partial charge in [-0.1, -0.05) is 6.07 Å². The van der Waals surface area contributed by atoms with Crippen LogP contribution in [0.4, 0.5) is 10.1 Å². The van der Waals surface area contributed by atoms with E-state index in [1.54, 1.807) is 42.1 Å². The number of nitrogens with zero attached hydrogens (tertiary/aromatic N) is 3. The largest absolute Gasteiger partial charge is 0.379 e. The van der Waals surface area contributed by atoms with Crippen LogP contribution in [-0.4, -0.2) is 54.7 Å². The highest BCUT2D eigenvalue weighted by molar-refractivity contribution is 7.89. The first-order chi connectivity index (χ1) is 16.2. The van der Waals surface area contributed by atoms with Gasteiger partial charge in [-0.2, -0.15) is 9.40 Å². The Labute approximate surface area is 198 Å². The minimum Gasteiger partial charge on any atom is -0.379 e. The number of rotatable bonds is 6. The van der Waals surface area contributed by atoms with Crippen LogP contribution in [0.5, 0.6) is 0 Å². The Morgan fingerprint density at radius 3 is 2.44 bits per heavy atom. The summed E-state index contributed by atoms with van der Waals surface area (Å²) < 4.78 is 48.1. The number of nitrogens with one attached hydrogen (secondary N) is 1. The lowest BCUT2D eigenvalue weighted by Crippen LogP contribution is -2.40. The Morgan fingerprint density at radius 1 is 1.12 bits per heavy atom. The van der Waals surface area contributed by atoms with Crippen LogP contribution in [-0.2, 0) is 14.8 Å². The molecular weight excluding hydrogens is 459 g/mol. The summed E-state index contributed by atoms with van der Waals surface area (Å²) in [6.07, 6.45) is 1.64. The van der Waals surface area contributed by atoms with Gasteiger partial charge in [0.15, 0.2) is 0 Å². The molecule has 1 fully saturated rings. The SMILES string of the molecule is Cc1ccc(NC(=O)c2cn(C(C)C)nc2-c2ccc(F)cc2)cc1S(=O)(=O)N1CCOCC1. The summed E-state index contributed by atoms with van der Waals surface area (Å²) in [6.45, 7) is 6.86. The van der Waals surface area contributed by atoms with E-state index in [1.807, 2.05) is 13.8 Å². The third kappa shape index (κ3) is 4.89. The highest BCUT2D eigenvalue weighted by Crippen LogP contribution is 2.27. The van der Waals surface area contributed by atoms with E-state index in [9.17, 15) is 17.6 Å². The Morgan fingerprint density at radius 2 is 1.79 bits per heavy atom. The van der Waals surface area contributed by atoms with Gasteiger partial charge in [0.2, 0.25) is 10.0 Å². The van der Waals surface area contributed by atoms with E-state index in [2.05, 4.69) is 10.4 Å². The molecule has 1 aliphatic heterocycles. The van der Waals surface area contributed by atoms with E-state index in [4.69, 9.17) is 4.74 Å². The Balaban J connectivity index is 1.66. The fourth-order valence-corrected chi connectivity index (χ4v) is 5.38. The zero-order valence-corrected chi connectivity index (χ0v) is 20.1. The number of amides is 1. The topological polar surface area (TPSA) is 93.5 Å². The van der Waals surface area contributed by atoms with Crippen LogP contribution < -0.4 is 5.32 Å². The zero-order valence-electron chi connectivity index (χ0n) is 19.3. The van der Waals surface area contributed by atoms with Gasteiger partial charge >= 0.3 is 0 Å². The Hall–Kier alpha value is -3.08. The smallest absolute Gasteiger partial charge is 0.259 e. The number of carbonyl (C=O) groups is 1. The predicted octanol–water partition coefficient (Wildman–Crippen LogP) is 3.85. The van der Waals surface area contributed by atoms with E-state index < -0.39 is 15.9 Å². The van der Waals surface area contributed by atoms with Crippen LogP contribution >= 0.6 is 0 Å². The zero-order chi connectivity index (χ0) is 24.5. The number of benzene rings is 2. The number of ether oxygens (including phenoxy) is 1. The standard InChI is InChI=1S/C24H27FN4O4S/c1-16(2)29-15-21(23(27-29)18-5-7-19(25)8-6-18)24(30)26-20-9-4-17(3)22(14-20)34(31,32)28-10-12-33-13-11-28/h4-9,14-16H,10-13H2,1-3H3,(H,26,30). The minimum atomic E-state index is -3.73. The monoisotopic (exact) mass is 486 g/mol. The molecule has 0 aliphatic carbocycles. The van der Waals surface area contributed by atoms with Crippen LogP contribution in [0.3, 0.4) is 0 Å². The Kier molecular flexibility index (Phi) is 6.83. The van der Waals surface area contributed by atoms with E-state index in [1.165, 1.54) is 22.5 Å². The number of hydrogen-bond donors (Lipinski definition) is 1. The fraction of sp³-hybridized carbons (Fsp3) is 0.333. The van der Waals surface area contributed by atoms with Gasteiger partial charge in [-0.25, -0.2) is 12.8 Å². The fourth-order valence-electron chi connectivity index (χ4n) is 3.72. The van der Waals surface area contributed by atoms with Crippen molar-refractivity contribution in [1.29, 1.82) is 0 Å². The summed E-state index contributed by atoms with van der Waals surface area (Å²) >= 11 is 0. The average molecular weight is 487 g/mol. The lowest BCUT2D eigenvalue weighted by Gasteiger charge is -2.26. The summed E-state index contributed by atoms with van der Waals surface area (Å²) in [4.78, 5) is 13.4. The van der Waals surface area contributed by atoms with Crippen LogP contribution in [0.25, 0.3) is 11.3 Å². The molecule has 1 aromatic heterocycles. The van der Waals surface area contributed by atoms with Gasteiger partial charge in [0.25, 0.3) is 5.91 Å². The minimum absolute atomic E-state index is 0.00499. The number of morpholine rings is 1. The second-order valence-electron chi connectivity index (χ2n) is 8.42. The third-order valence-corrected chi connectivity index (χ3v) is 7.70. The molecule has 8 nitrogen and oxygen atoms in total. The molecule has 0 bridgehead atoms. The van der Waals surface area contributed by atoms with Crippen molar-refractivity contribution >= 4 is 21.6 Å². The van der Waals surface area contributed by atoms with Crippen molar-refractivity contribution in [2.45, 2.75) is 31.7 Å². The van der Waals surface area contributed by atoms with Crippen molar-refractivity contribution in [1.82, 2.24) is 14.1 Å². The van der Waals surface area contributed by atoms with E-state index in [0.29, 0.717) is 41.3 Å². The van der Waals surface area contributed by atoms with E-state index in [0.717, 1.165) is 0 Å². The maximum Gasteiger partial charge on any atom is 0.259 e. The number of aromatic nitrogens is 2. The van der Waals surface area contributed by atoms with E-state index >= 15 is 0 Å². The van der Waals surface area contributed by atoms with Crippen LogP contribution in [0.2, 0.25) is 0 Å². The average Bonchev–Trinajstić information content (AvgIpc) is 3.27. The molecular formula is C24H27FN4O4S. The van der Waals surface area contributed by atoms with Crippen molar-refractivity contribution in [3.63, 3.8) is 0 Å². The van der Waals surface area contributed by atoms with Crippen LogP contribution in [0.15, 0.2) is 53.6 Å². The summed E-state index contributed by atoms with van der Waals surface area (Å²) in [6, 6.07) is 10.6. The molecule has 0 saturated carbocycles. The van der Waals surface area contributed by atoms with Gasteiger partial charge in [0.1, 0.15) is 11.5 Å². The highest BCUT2D eigenvalue weighted by Gasteiger charge is 2.28. The molecule has 34 heavy (non-hydrogen) atoms. The Bertz CT molecular complexity index is 1300. The molecule has 4 rings (SSSR count). The lowest BCUT2D eigenvalue weighted by molar-refractivity contribution is 0.0730. The van der Waals surface area contributed by atoms with Crippen molar-refractivity contribution in [3.05, 3.63) is 65.6 Å². The number of sulfonamides is 1. The maximum absolute atomic E-state index is 13.4. The normalized spacial score (nSPS) is 15.0. The van der Waals surface area contributed by atoms with Crippen LogP contribution in [0, 0.1) is 12.7 Å².